The molecule has 2 saturated heterocycles. The molecule has 1 atom stereocenters. The van der Waals surface area contributed by atoms with Crippen molar-refractivity contribution in [2.24, 2.45) is 11.3 Å². The summed E-state index contributed by atoms with van der Waals surface area (Å²) in [4.78, 5) is 0. The fraction of sp³-hybridized carbons (Fsp3) is 1.00. The lowest BCUT2D eigenvalue weighted by atomic mass is 9.93. The molecule has 2 aliphatic heterocycles. The fourth-order valence-electron chi connectivity index (χ4n) is 3.45. The van der Waals surface area contributed by atoms with Gasteiger partial charge in [-0.15, -0.1) is 0 Å². The molecule has 3 aliphatic rings. The molecule has 2 heterocycles. The Bertz CT molecular complexity index is 473. The Balaban J connectivity index is 1.58. The second kappa shape index (κ2) is 5.80. The molecule has 0 spiro atoms. The molecule has 6 heteroatoms. The lowest BCUT2D eigenvalue weighted by Crippen LogP contribution is -2.49. The van der Waals surface area contributed by atoms with E-state index in [1.165, 1.54) is 12.8 Å². The van der Waals surface area contributed by atoms with Crippen LogP contribution in [0.2, 0.25) is 0 Å². The minimum Gasteiger partial charge on any atom is -0.314 e. The molecular formula is C15H29N3O2S. The Morgan fingerprint density at radius 2 is 1.90 bits per heavy atom. The molecule has 1 N–H and O–H groups in total. The number of nitrogens with zero attached hydrogens (tertiary/aromatic N) is 2. The molecule has 5 nitrogen and oxygen atoms in total. The molecule has 1 aliphatic carbocycles. The van der Waals surface area contributed by atoms with Crippen LogP contribution < -0.4 is 5.32 Å². The highest BCUT2D eigenvalue weighted by atomic mass is 32.2. The zero-order valence-corrected chi connectivity index (χ0v) is 14.2. The molecule has 1 unspecified atom stereocenters. The van der Waals surface area contributed by atoms with Crippen molar-refractivity contribution >= 4 is 10.2 Å². The zero-order chi connectivity index (χ0) is 15.1. The third-order valence-corrected chi connectivity index (χ3v) is 7.00. The molecule has 1 saturated carbocycles. The van der Waals surface area contributed by atoms with Crippen LogP contribution in [-0.4, -0.2) is 55.8 Å². The van der Waals surface area contributed by atoms with Crippen LogP contribution in [-0.2, 0) is 10.2 Å². The monoisotopic (exact) mass is 315 g/mol. The maximum Gasteiger partial charge on any atom is 0.282 e. The van der Waals surface area contributed by atoms with Gasteiger partial charge in [0.2, 0.25) is 0 Å². The molecule has 122 valence electrons. The van der Waals surface area contributed by atoms with Crippen molar-refractivity contribution in [2.45, 2.75) is 52.0 Å². The van der Waals surface area contributed by atoms with E-state index in [2.05, 4.69) is 19.2 Å². The van der Waals surface area contributed by atoms with Crippen molar-refractivity contribution in [3.05, 3.63) is 0 Å². The Labute approximate surface area is 129 Å². The average molecular weight is 315 g/mol. The molecule has 0 amide bonds. The standard InChI is InChI=1S/C15H29N3O2S/c1-15(2)7-9-18(12-15)21(19,20)17-8-3-4-13(11-17)10-16-14-5-6-14/h13-14,16H,3-12H2,1-2H3. The molecule has 0 aromatic rings. The largest absolute Gasteiger partial charge is 0.314 e. The van der Waals surface area contributed by atoms with E-state index in [1.807, 2.05) is 0 Å². The predicted molar refractivity (Wildman–Crippen MR) is 84.2 cm³/mol. The summed E-state index contributed by atoms with van der Waals surface area (Å²) >= 11 is 0. The highest BCUT2D eigenvalue weighted by molar-refractivity contribution is 7.86. The van der Waals surface area contributed by atoms with Gasteiger partial charge in [-0.3, -0.25) is 0 Å². The maximum absolute atomic E-state index is 12.8. The molecule has 0 aromatic heterocycles. The van der Waals surface area contributed by atoms with E-state index in [0.717, 1.165) is 25.8 Å². The predicted octanol–water partition coefficient (Wildman–Crippen LogP) is 1.43. The molecule has 3 fully saturated rings. The van der Waals surface area contributed by atoms with E-state index >= 15 is 0 Å². The van der Waals surface area contributed by atoms with E-state index in [0.29, 0.717) is 38.1 Å². The highest BCUT2D eigenvalue weighted by Crippen LogP contribution is 2.32. The minimum atomic E-state index is -3.25. The van der Waals surface area contributed by atoms with Crippen molar-refractivity contribution in [1.29, 1.82) is 0 Å². The Morgan fingerprint density at radius 3 is 2.52 bits per heavy atom. The van der Waals surface area contributed by atoms with Crippen LogP contribution in [0.5, 0.6) is 0 Å². The number of hydrogen-bond donors (Lipinski definition) is 1. The molecular weight excluding hydrogens is 286 g/mol. The van der Waals surface area contributed by atoms with Crippen LogP contribution in [0, 0.1) is 11.3 Å². The van der Waals surface area contributed by atoms with Crippen molar-refractivity contribution in [1.82, 2.24) is 13.9 Å². The van der Waals surface area contributed by atoms with Gasteiger partial charge in [-0.2, -0.15) is 17.0 Å². The van der Waals surface area contributed by atoms with Gasteiger partial charge in [0.1, 0.15) is 0 Å². The second-order valence-electron chi connectivity index (χ2n) is 7.80. The normalized spacial score (nSPS) is 31.6. The molecule has 0 aromatic carbocycles. The summed E-state index contributed by atoms with van der Waals surface area (Å²) in [6.07, 6.45) is 5.69. The third-order valence-electron chi connectivity index (χ3n) is 5.05. The van der Waals surface area contributed by atoms with Crippen LogP contribution in [0.1, 0.15) is 46.0 Å². The topological polar surface area (TPSA) is 52.7 Å². The first-order valence-electron chi connectivity index (χ1n) is 8.35. The van der Waals surface area contributed by atoms with E-state index in [-0.39, 0.29) is 5.41 Å². The lowest BCUT2D eigenvalue weighted by Gasteiger charge is -2.34. The number of rotatable bonds is 5. The summed E-state index contributed by atoms with van der Waals surface area (Å²) < 4.78 is 29.0. The molecule has 3 rings (SSSR count). The van der Waals surface area contributed by atoms with Crippen molar-refractivity contribution < 1.29 is 8.42 Å². The zero-order valence-electron chi connectivity index (χ0n) is 13.3. The summed E-state index contributed by atoms with van der Waals surface area (Å²) in [5.41, 5.74) is 0.121. The molecule has 21 heavy (non-hydrogen) atoms. The van der Waals surface area contributed by atoms with Gasteiger partial charge in [0, 0.05) is 32.2 Å². The van der Waals surface area contributed by atoms with Crippen LogP contribution in [0.25, 0.3) is 0 Å². The first-order chi connectivity index (χ1) is 9.87. The fourth-order valence-corrected chi connectivity index (χ4v) is 5.37. The Hall–Kier alpha value is -0.170. The van der Waals surface area contributed by atoms with E-state index in [1.54, 1.807) is 8.61 Å². The summed E-state index contributed by atoms with van der Waals surface area (Å²) in [6.45, 7) is 8.01. The maximum atomic E-state index is 12.8. The van der Waals surface area contributed by atoms with Crippen LogP contribution >= 0.6 is 0 Å². The summed E-state index contributed by atoms with van der Waals surface area (Å²) in [5.74, 6) is 0.477. The van der Waals surface area contributed by atoms with Crippen LogP contribution in [0.4, 0.5) is 0 Å². The van der Waals surface area contributed by atoms with Gasteiger partial charge >= 0.3 is 0 Å². The minimum absolute atomic E-state index is 0.121. The Kier molecular flexibility index (Phi) is 4.34. The molecule has 0 bridgehead atoms. The van der Waals surface area contributed by atoms with Gasteiger partial charge in [-0.25, -0.2) is 0 Å². The van der Waals surface area contributed by atoms with Crippen LogP contribution in [0.15, 0.2) is 0 Å². The van der Waals surface area contributed by atoms with Crippen LogP contribution in [0.3, 0.4) is 0 Å². The number of piperidine rings is 1. The summed E-state index contributed by atoms with van der Waals surface area (Å²) in [5, 5.41) is 3.55. The van der Waals surface area contributed by atoms with Gasteiger partial charge in [0.05, 0.1) is 0 Å². The first-order valence-corrected chi connectivity index (χ1v) is 9.75. The van der Waals surface area contributed by atoms with E-state index in [9.17, 15) is 8.42 Å². The smallest absolute Gasteiger partial charge is 0.282 e. The first kappa shape index (κ1) is 15.7. The number of hydrogen-bond acceptors (Lipinski definition) is 3. The van der Waals surface area contributed by atoms with Gasteiger partial charge in [-0.05, 0) is 50.0 Å². The SMILES string of the molecule is CC1(C)CCN(S(=O)(=O)N2CCCC(CNC3CC3)C2)C1. The number of nitrogens with one attached hydrogen (secondary N) is 1. The van der Waals surface area contributed by atoms with Gasteiger partial charge in [0.25, 0.3) is 10.2 Å². The van der Waals surface area contributed by atoms with Gasteiger partial charge < -0.3 is 5.32 Å². The third kappa shape index (κ3) is 3.78. The summed E-state index contributed by atoms with van der Waals surface area (Å²) in [6, 6.07) is 0.705. The second-order valence-corrected chi connectivity index (χ2v) is 9.73. The van der Waals surface area contributed by atoms with Crippen molar-refractivity contribution in [2.75, 3.05) is 32.7 Å². The molecule has 0 radical (unpaired) electrons. The average Bonchev–Trinajstić information content (AvgIpc) is 3.19. The van der Waals surface area contributed by atoms with Crippen molar-refractivity contribution in [3.63, 3.8) is 0 Å². The van der Waals surface area contributed by atoms with Gasteiger partial charge in [0.15, 0.2) is 0 Å². The highest BCUT2D eigenvalue weighted by Gasteiger charge is 2.40. The lowest BCUT2D eigenvalue weighted by molar-refractivity contribution is 0.243. The van der Waals surface area contributed by atoms with E-state index < -0.39 is 10.2 Å². The van der Waals surface area contributed by atoms with Crippen molar-refractivity contribution in [3.8, 4) is 0 Å². The quantitative estimate of drug-likeness (QED) is 0.835. The summed E-state index contributed by atoms with van der Waals surface area (Å²) in [7, 11) is -3.25. The Morgan fingerprint density at radius 1 is 1.14 bits per heavy atom. The van der Waals surface area contributed by atoms with E-state index in [4.69, 9.17) is 0 Å². The van der Waals surface area contributed by atoms with Gasteiger partial charge in [-0.1, -0.05) is 13.8 Å².